The van der Waals surface area contributed by atoms with Gasteiger partial charge in [-0.1, -0.05) is 42.1 Å². The molecule has 0 bridgehead atoms. The molecule has 2 heterocycles. The number of carbonyl (C=O) groups is 2. The number of ether oxygens (including phenoxy) is 1. The van der Waals surface area contributed by atoms with Crippen LogP contribution in [0.3, 0.4) is 0 Å². The van der Waals surface area contributed by atoms with Gasteiger partial charge in [0.15, 0.2) is 5.17 Å². The molecule has 216 valence electrons. The van der Waals surface area contributed by atoms with Crippen LogP contribution in [0.25, 0.3) is 0 Å². The number of fused-ring (bicyclic) bond motifs is 1. The van der Waals surface area contributed by atoms with Crippen molar-refractivity contribution in [2.75, 3.05) is 33.3 Å². The summed E-state index contributed by atoms with van der Waals surface area (Å²) in [6, 6.07) is 15.6. The average Bonchev–Trinajstić information content (AvgIpc) is 2.96. The minimum absolute atomic E-state index is 0.197. The largest absolute Gasteiger partial charge is 0.478 e. The predicted molar refractivity (Wildman–Crippen MR) is 156 cm³/mol. The number of aliphatic imine (C=N–C) groups is 1. The van der Waals surface area contributed by atoms with Crippen molar-refractivity contribution in [2.45, 2.75) is 50.5 Å². The third-order valence-electron chi connectivity index (χ3n) is 6.78. The molecule has 10 heteroatoms. The second-order valence-corrected chi connectivity index (χ2v) is 10.7. The first-order valence-electron chi connectivity index (χ1n) is 13.5. The van der Waals surface area contributed by atoms with E-state index >= 15 is 0 Å². The summed E-state index contributed by atoms with van der Waals surface area (Å²) in [5.41, 5.74) is 3.50. The van der Waals surface area contributed by atoms with Crippen LogP contribution in [0.2, 0.25) is 0 Å². The number of piperidine rings is 1. The lowest BCUT2D eigenvalue weighted by Crippen LogP contribution is -2.45. The number of para-hydroxylation sites is 1. The van der Waals surface area contributed by atoms with Gasteiger partial charge in [0.1, 0.15) is 5.82 Å². The normalized spacial score (nSPS) is 15.6. The highest BCUT2D eigenvalue weighted by molar-refractivity contribution is 8.13. The van der Waals surface area contributed by atoms with E-state index in [0.29, 0.717) is 24.8 Å². The van der Waals surface area contributed by atoms with Crippen molar-refractivity contribution in [2.24, 2.45) is 4.99 Å². The van der Waals surface area contributed by atoms with Crippen molar-refractivity contribution in [1.29, 1.82) is 0 Å². The Labute approximate surface area is 239 Å². The molecule has 2 aliphatic heterocycles. The fourth-order valence-corrected chi connectivity index (χ4v) is 5.56. The molecule has 1 saturated heterocycles. The Morgan fingerprint density at radius 3 is 2.40 bits per heavy atom. The van der Waals surface area contributed by atoms with Crippen molar-refractivity contribution in [3.05, 3.63) is 77.6 Å². The molecule has 40 heavy (non-hydrogen) atoms. The molecule has 0 saturated carbocycles. The Hall–Kier alpha value is -3.21. The number of halogens is 1. The van der Waals surface area contributed by atoms with Crippen molar-refractivity contribution >= 4 is 34.6 Å². The maximum absolute atomic E-state index is 12.9. The Morgan fingerprint density at radius 1 is 1.05 bits per heavy atom. The standard InChI is InChI=1S/C26H34FN3OS.C4H4O4/c1-29(26-28-25-8-4-3-7-22(25)20-32-26)24-13-16-30(17-14-24)15-5-2-6-18-31-19-21-9-11-23(27)12-10-21;5-3(6)1-2-4(7)8/h3-4,7-12,24H,2,5-6,13-20H2,1H3;1-2H,(H,5,6)(H,7,8). The lowest BCUT2D eigenvalue weighted by Gasteiger charge is -2.38. The molecule has 0 spiro atoms. The molecule has 0 amide bonds. The smallest absolute Gasteiger partial charge is 0.328 e. The van der Waals surface area contributed by atoms with Crippen LogP contribution in [-0.2, 0) is 26.7 Å². The number of unbranched alkanes of at least 4 members (excludes halogenated alkanes) is 2. The molecule has 2 aromatic carbocycles. The van der Waals surface area contributed by atoms with Crippen LogP contribution >= 0.6 is 11.8 Å². The minimum Gasteiger partial charge on any atom is -0.478 e. The van der Waals surface area contributed by atoms with E-state index in [1.807, 2.05) is 11.8 Å². The van der Waals surface area contributed by atoms with E-state index < -0.39 is 11.9 Å². The first-order valence-corrected chi connectivity index (χ1v) is 14.5. The summed E-state index contributed by atoms with van der Waals surface area (Å²) in [5, 5.41) is 16.8. The second kappa shape index (κ2) is 16.8. The van der Waals surface area contributed by atoms with E-state index in [4.69, 9.17) is 19.9 Å². The van der Waals surface area contributed by atoms with Gasteiger partial charge in [-0.15, -0.1) is 0 Å². The van der Waals surface area contributed by atoms with Gasteiger partial charge in [-0.25, -0.2) is 19.0 Å². The molecule has 0 aliphatic carbocycles. The Bertz CT molecular complexity index is 1130. The zero-order valence-corrected chi connectivity index (χ0v) is 23.7. The lowest BCUT2D eigenvalue weighted by molar-refractivity contribution is -0.134. The fraction of sp³-hybridized carbons (Fsp3) is 0.433. The van der Waals surface area contributed by atoms with Crippen molar-refractivity contribution in [3.63, 3.8) is 0 Å². The van der Waals surface area contributed by atoms with E-state index in [-0.39, 0.29) is 5.82 Å². The highest BCUT2D eigenvalue weighted by Crippen LogP contribution is 2.32. The van der Waals surface area contributed by atoms with Crippen molar-refractivity contribution < 1.29 is 28.9 Å². The Balaban J connectivity index is 0.000000482. The monoisotopic (exact) mass is 571 g/mol. The molecule has 0 atom stereocenters. The number of benzene rings is 2. The van der Waals surface area contributed by atoms with E-state index in [2.05, 4.69) is 41.1 Å². The van der Waals surface area contributed by atoms with Gasteiger partial charge in [0.05, 0.1) is 12.3 Å². The summed E-state index contributed by atoms with van der Waals surface area (Å²) in [6.45, 7) is 4.86. The van der Waals surface area contributed by atoms with Crippen LogP contribution in [0.4, 0.5) is 10.1 Å². The molecule has 2 aliphatic rings. The summed E-state index contributed by atoms with van der Waals surface area (Å²) in [7, 11) is 2.21. The second-order valence-electron chi connectivity index (χ2n) is 9.75. The number of aliphatic carboxylic acids is 2. The maximum Gasteiger partial charge on any atom is 0.328 e. The topological polar surface area (TPSA) is 103 Å². The van der Waals surface area contributed by atoms with Gasteiger partial charge in [0, 0.05) is 50.7 Å². The third kappa shape index (κ3) is 11.1. The molecule has 4 rings (SSSR count). The van der Waals surface area contributed by atoms with E-state index in [0.717, 1.165) is 30.0 Å². The van der Waals surface area contributed by atoms with Gasteiger partial charge in [0.25, 0.3) is 0 Å². The zero-order valence-electron chi connectivity index (χ0n) is 22.9. The molecule has 0 radical (unpaired) electrons. The summed E-state index contributed by atoms with van der Waals surface area (Å²) in [6.07, 6.45) is 7.02. The number of amidine groups is 1. The number of rotatable bonds is 11. The van der Waals surface area contributed by atoms with Crippen LogP contribution in [0.1, 0.15) is 43.2 Å². The van der Waals surface area contributed by atoms with Gasteiger partial charge < -0.3 is 24.7 Å². The molecular formula is C30H38FN3O5S. The zero-order chi connectivity index (χ0) is 28.7. The average molecular weight is 572 g/mol. The fourth-order valence-electron chi connectivity index (χ4n) is 4.52. The number of likely N-dealkylation sites (tertiary alicyclic amines) is 1. The minimum atomic E-state index is -1.26. The summed E-state index contributed by atoms with van der Waals surface area (Å²) < 4.78 is 18.6. The number of hydrogen-bond donors (Lipinski definition) is 2. The summed E-state index contributed by atoms with van der Waals surface area (Å²) in [5.74, 6) is -1.69. The van der Waals surface area contributed by atoms with E-state index in [9.17, 15) is 14.0 Å². The van der Waals surface area contributed by atoms with Gasteiger partial charge in [0.2, 0.25) is 0 Å². The number of carboxylic acid groups (broad SMARTS) is 2. The summed E-state index contributed by atoms with van der Waals surface area (Å²) >= 11 is 1.86. The first kappa shape index (κ1) is 31.3. The van der Waals surface area contributed by atoms with Gasteiger partial charge >= 0.3 is 11.9 Å². The van der Waals surface area contributed by atoms with Crippen LogP contribution in [0.15, 0.2) is 65.7 Å². The Kier molecular flexibility index (Phi) is 13.1. The predicted octanol–water partition coefficient (Wildman–Crippen LogP) is 5.56. The molecule has 1 fully saturated rings. The first-order chi connectivity index (χ1) is 19.3. The highest BCUT2D eigenvalue weighted by Gasteiger charge is 2.26. The van der Waals surface area contributed by atoms with Gasteiger partial charge in [-0.05, 0) is 68.0 Å². The van der Waals surface area contributed by atoms with Crippen molar-refractivity contribution in [1.82, 2.24) is 9.80 Å². The van der Waals surface area contributed by atoms with E-state index in [1.165, 1.54) is 68.2 Å². The molecule has 2 N–H and O–H groups in total. The Morgan fingerprint density at radius 2 is 1.73 bits per heavy atom. The number of nitrogens with zero attached hydrogens (tertiary/aromatic N) is 3. The molecule has 0 aromatic heterocycles. The summed E-state index contributed by atoms with van der Waals surface area (Å²) in [4.78, 5) is 29.0. The molecule has 2 aromatic rings. The lowest BCUT2D eigenvalue weighted by atomic mass is 10.0. The maximum atomic E-state index is 12.9. The number of hydrogen-bond acceptors (Lipinski definition) is 7. The van der Waals surface area contributed by atoms with Gasteiger partial charge in [-0.3, -0.25) is 0 Å². The van der Waals surface area contributed by atoms with Crippen LogP contribution in [0, 0.1) is 5.82 Å². The molecular weight excluding hydrogens is 533 g/mol. The van der Waals surface area contributed by atoms with Crippen LogP contribution in [-0.4, -0.2) is 76.4 Å². The van der Waals surface area contributed by atoms with Crippen LogP contribution < -0.4 is 0 Å². The molecule has 8 nitrogen and oxygen atoms in total. The quantitative estimate of drug-likeness (QED) is 0.267. The third-order valence-corrected chi connectivity index (χ3v) is 7.88. The van der Waals surface area contributed by atoms with Gasteiger partial charge in [-0.2, -0.15) is 0 Å². The number of carboxylic acids is 2. The van der Waals surface area contributed by atoms with Crippen molar-refractivity contribution in [3.8, 4) is 0 Å². The highest BCUT2D eigenvalue weighted by atomic mass is 32.2. The van der Waals surface area contributed by atoms with E-state index in [1.54, 1.807) is 12.1 Å². The molecule has 0 unspecified atom stereocenters. The number of thioether (sulfide) groups is 1. The SMILES string of the molecule is CN(C1=Nc2ccccc2CS1)C1CCN(CCCCCOCc2ccc(F)cc2)CC1.O=C(O)C=CC(=O)O. The van der Waals surface area contributed by atoms with Crippen LogP contribution in [0.5, 0.6) is 0 Å².